The van der Waals surface area contributed by atoms with Crippen LogP contribution in [0.2, 0.25) is 0 Å². The van der Waals surface area contributed by atoms with E-state index >= 15 is 0 Å². The first-order chi connectivity index (χ1) is 12.2. The Morgan fingerprint density at radius 1 is 1.38 bits per heavy atom. The van der Waals surface area contributed by atoms with Crippen LogP contribution in [0.4, 0.5) is 13.2 Å². The summed E-state index contributed by atoms with van der Waals surface area (Å²) in [5.41, 5.74) is 0.434. The topological polar surface area (TPSA) is 45.6 Å². The van der Waals surface area contributed by atoms with Crippen molar-refractivity contribution in [2.24, 2.45) is 0 Å². The third kappa shape index (κ3) is 3.48. The van der Waals surface area contributed by atoms with Crippen LogP contribution in [0.1, 0.15) is 17.4 Å². The van der Waals surface area contributed by atoms with E-state index in [2.05, 4.69) is 6.58 Å². The molecule has 3 rings (SSSR count). The van der Waals surface area contributed by atoms with Gasteiger partial charge in [-0.3, -0.25) is 9.59 Å². The van der Waals surface area contributed by atoms with Crippen LogP contribution in [0.25, 0.3) is 10.2 Å². The Hall–Kier alpha value is -2.29. The van der Waals surface area contributed by atoms with Gasteiger partial charge in [-0.25, -0.2) is 0 Å². The molecule has 2 aromatic rings. The molecule has 0 unspecified atom stereocenters. The lowest BCUT2D eigenvalue weighted by Crippen LogP contribution is -2.55. The molecule has 5 nitrogen and oxygen atoms in total. The fourth-order valence-electron chi connectivity index (χ4n) is 3.24. The van der Waals surface area contributed by atoms with Gasteiger partial charge in [-0.05, 0) is 30.5 Å². The van der Waals surface area contributed by atoms with Crippen LogP contribution in [0, 0.1) is 0 Å². The second-order valence-corrected chi connectivity index (χ2v) is 7.18. The van der Waals surface area contributed by atoms with E-state index in [1.54, 1.807) is 23.3 Å². The molecule has 9 heteroatoms. The number of aromatic nitrogens is 1. The average Bonchev–Trinajstić information content (AvgIpc) is 3.15. The van der Waals surface area contributed by atoms with Gasteiger partial charge in [-0.2, -0.15) is 13.2 Å². The Morgan fingerprint density at radius 3 is 2.73 bits per heavy atom. The van der Waals surface area contributed by atoms with Gasteiger partial charge in [0.2, 0.25) is 5.91 Å². The van der Waals surface area contributed by atoms with E-state index in [4.69, 9.17) is 0 Å². The third-order valence-corrected chi connectivity index (χ3v) is 5.31. The average molecular weight is 385 g/mol. The maximum Gasteiger partial charge on any atom is 0.406 e. The number of alkyl halides is 3. The number of hydrogen-bond donors (Lipinski definition) is 0. The molecule has 1 aliphatic rings. The highest BCUT2D eigenvalue weighted by molar-refractivity contribution is 7.17. The number of amides is 2. The summed E-state index contributed by atoms with van der Waals surface area (Å²) >= 11 is 1.30. The van der Waals surface area contributed by atoms with Gasteiger partial charge in [0.1, 0.15) is 12.2 Å². The van der Waals surface area contributed by atoms with E-state index in [0.29, 0.717) is 23.3 Å². The van der Waals surface area contributed by atoms with Gasteiger partial charge in [0, 0.05) is 25.7 Å². The number of carbonyl (C=O) groups excluding carboxylic acids is 2. The number of thiophene rings is 1. The zero-order valence-corrected chi connectivity index (χ0v) is 14.9. The first-order valence-electron chi connectivity index (χ1n) is 8.07. The van der Waals surface area contributed by atoms with Crippen molar-refractivity contribution in [3.05, 3.63) is 35.9 Å². The molecule has 2 amide bonds. The van der Waals surface area contributed by atoms with E-state index < -0.39 is 18.6 Å². The summed E-state index contributed by atoms with van der Waals surface area (Å²) < 4.78 is 40.7. The van der Waals surface area contributed by atoms with Gasteiger partial charge in [0.05, 0.1) is 10.2 Å². The molecule has 2 aromatic heterocycles. The maximum atomic E-state index is 13.0. The number of hydrogen-bond acceptors (Lipinski definition) is 3. The summed E-state index contributed by atoms with van der Waals surface area (Å²) in [6, 6.07) is 2.81. The van der Waals surface area contributed by atoms with Crippen molar-refractivity contribution in [3.63, 3.8) is 0 Å². The minimum atomic E-state index is -4.43. The Balaban J connectivity index is 1.88. The van der Waals surface area contributed by atoms with Crippen molar-refractivity contribution in [2.45, 2.75) is 25.7 Å². The first kappa shape index (κ1) is 18.5. The highest BCUT2D eigenvalue weighted by atomic mass is 32.1. The fourth-order valence-corrected chi connectivity index (χ4v) is 4.06. The highest BCUT2D eigenvalue weighted by Gasteiger charge is 2.35. The SMILES string of the molecule is C=CC(=O)N1CCN(C(=O)c2cc3sccc3n2CC(F)(F)F)[C@@H](C)C1. The van der Waals surface area contributed by atoms with Crippen molar-refractivity contribution < 1.29 is 22.8 Å². The summed E-state index contributed by atoms with van der Waals surface area (Å²) in [5, 5.41) is 1.70. The standard InChI is InChI=1S/C17H18F3N3O2S/c1-3-15(24)21-5-6-22(11(2)9-21)16(25)13-8-14-12(4-7-26-14)23(13)10-17(18,19)20/h3-4,7-8,11H,1,5-6,9-10H2,2H3/t11-/m0/s1. The lowest BCUT2D eigenvalue weighted by molar-refractivity contribution is -0.140. The third-order valence-electron chi connectivity index (χ3n) is 4.45. The molecule has 26 heavy (non-hydrogen) atoms. The van der Waals surface area contributed by atoms with Crippen molar-refractivity contribution >= 4 is 33.4 Å². The molecule has 0 aromatic carbocycles. The second-order valence-electron chi connectivity index (χ2n) is 6.24. The number of nitrogens with zero attached hydrogens (tertiary/aromatic N) is 3. The van der Waals surface area contributed by atoms with E-state index in [1.165, 1.54) is 28.4 Å². The lowest BCUT2D eigenvalue weighted by Gasteiger charge is -2.39. The molecule has 0 N–H and O–H groups in total. The molecule has 1 aliphatic heterocycles. The van der Waals surface area contributed by atoms with E-state index in [9.17, 15) is 22.8 Å². The number of carbonyl (C=O) groups is 2. The zero-order chi connectivity index (χ0) is 19.1. The van der Waals surface area contributed by atoms with Gasteiger partial charge in [0.15, 0.2) is 0 Å². The minimum absolute atomic E-state index is 0.0273. The monoisotopic (exact) mass is 385 g/mol. The number of rotatable bonds is 3. The van der Waals surface area contributed by atoms with Crippen LogP contribution in [0.5, 0.6) is 0 Å². The van der Waals surface area contributed by atoms with Gasteiger partial charge in [-0.15, -0.1) is 11.3 Å². The van der Waals surface area contributed by atoms with Gasteiger partial charge in [0.25, 0.3) is 5.91 Å². The van der Waals surface area contributed by atoms with Crippen molar-refractivity contribution in [1.82, 2.24) is 14.4 Å². The van der Waals surface area contributed by atoms with Crippen molar-refractivity contribution in [3.8, 4) is 0 Å². The summed E-state index contributed by atoms with van der Waals surface area (Å²) in [4.78, 5) is 27.8. The van der Waals surface area contributed by atoms with E-state index in [1.807, 2.05) is 0 Å². The number of piperazine rings is 1. The quantitative estimate of drug-likeness (QED) is 0.762. The molecule has 0 saturated carbocycles. The summed E-state index contributed by atoms with van der Waals surface area (Å²) in [6.45, 7) is 4.93. The smallest absolute Gasteiger partial charge is 0.335 e. The fraction of sp³-hybridized carbons (Fsp3) is 0.412. The molecular weight excluding hydrogens is 367 g/mol. The Morgan fingerprint density at radius 2 is 2.12 bits per heavy atom. The number of fused-ring (bicyclic) bond motifs is 1. The largest absolute Gasteiger partial charge is 0.406 e. The van der Waals surface area contributed by atoms with Gasteiger partial charge in [-0.1, -0.05) is 6.58 Å². The lowest BCUT2D eigenvalue weighted by atomic mass is 10.1. The summed E-state index contributed by atoms with van der Waals surface area (Å²) in [7, 11) is 0. The Labute approximate surface area is 152 Å². The summed E-state index contributed by atoms with van der Waals surface area (Å²) in [6.07, 6.45) is -3.21. The summed E-state index contributed by atoms with van der Waals surface area (Å²) in [5.74, 6) is -0.666. The molecule has 0 spiro atoms. The predicted octanol–water partition coefficient (Wildman–Crippen LogP) is 3.12. The molecular formula is C17H18F3N3O2S. The van der Waals surface area contributed by atoms with Crippen molar-refractivity contribution in [2.75, 3.05) is 19.6 Å². The molecule has 0 radical (unpaired) electrons. The molecule has 0 bridgehead atoms. The van der Waals surface area contributed by atoms with E-state index in [0.717, 1.165) is 4.57 Å². The molecule has 0 aliphatic carbocycles. The maximum absolute atomic E-state index is 13.0. The van der Waals surface area contributed by atoms with Gasteiger partial charge < -0.3 is 14.4 Å². The van der Waals surface area contributed by atoms with Crippen LogP contribution in [-0.2, 0) is 11.3 Å². The Bertz CT molecular complexity index is 855. The molecule has 1 atom stereocenters. The highest BCUT2D eigenvalue weighted by Crippen LogP contribution is 2.30. The van der Waals surface area contributed by atoms with Crippen molar-refractivity contribution in [1.29, 1.82) is 0 Å². The Kier molecular flexibility index (Phi) is 4.83. The van der Waals surface area contributed by atoms with Gasteiger partial charge >= 0.3 is 6.18 Å². The van der Waals surface area contributed by atoms with Crippen LogP contribution in [0.15, 0.2) is 30.2 Å². The predicted molar refractivity (Wildman–Crippen MR) is 93.1 cm³/mol. The van der Waals surface area contributed by atoms with Crippen LogP contribution < -0.4 is 0 Å². The number of halogens is 3. The van der Waals surface area contributed by atoms with Crippen LogP contribution in [0.3, 0.4) is 0 Å². The minimum Gasteiger partial charge on any atom is -0.335 e. The van der Waals surface area contributed by atoms with Crippen LogP contribution >= 0.6 is 11.3 Å². The molecule has 3 heterocycles. The van der Waals surface area contributed by atoms with E-state index in [-0.39, 0.29) is 24.2 Å². The zero-order valence-electron chi connectivity index (χ0n) is 14.1. The first-order valence-corrected chi connectivity index (χ1v) is 8.95. The second kappa shape index (κ2) is 6.79. The molecule has 1 fully saturated rings. The van der Waals surface area contributed by atoms with Crippen LogP contribution in [-0.4, -0.2) is 58.0 Å². The molecule has 140 valence electrons. The normalized spacial score (nSPS) is 18.4. The molecule has 1 saturated heterocycles.